The molecule has 0 unspecified atom stereocenters. The molecule has 0 fully saturated rings. The molecule has 0 spiro atoms. The fourth-order valence-electron chi connectivity index (χ4n) is 1.44. The molecule has 0 aliphatic heterocycles. The van der Waals surface area contributed by atoms with Crippen LogP contribution in [-0.2, 0) is 14.3 Å². The summed E-state index contributed by atoms with van der Waals surface area (Å²) in [7, 11) is 0. The number of aryl methyl sites for hydroxylation is 1. The fourth-order valence-corrected chi connectivity index (χ4v) is 2.15. The second-order valence-electron chi connectivity index (χ2n) is 3.95. The summed E-state index contributed by atoms with van der Waals surface area (Å²) in [6.45, 7) is 6.73. The number of esters is 1. The van der Waals surface area contributed by atoms with Crippen LogP contribution in [0.2, 0.25) is 0 Å². The molecule has 7 heteroatoms. The third-order valence-electron chi connectivity index (χ3n) is 2.34. The van der Waals surface area contributed by atoms with E-state index in [4.69, 9.17) is 4.74 Å². The summed E-state index contributed by atoms with van der Waals surface area (Å²) in [5.41, 5.74) is 0.874. The van der Waals surface area contributed by atoms with E-state index in [1.54, 1.807) is 11.8 Å². The topological polar surface area (TPSA) is 71.5 Å². The van der Waals surface area contributed by atoms with Crippen molar-refractivity contribution >= 4 is 28.3 Å². The molecule has 0 saturated heterocycles. The van der Waals surface area contributed by atoms with Gasteiger partial charge < -0.3 is 10.1 Å². The molecular weight excluding hydrogens is 266 g/mol. The SMILES string of the molecule is CCOC(=O)CN(CC)CC(=O)Nc1nc(C)cs1. The van der Waals surface area contributed by atoms with Crippen molar-refractivity contribution in [1.82, 2.24) is 9.88 Å². The highest BCUT2D eigenvalue weighted by Crippen LogP contribution is 2.14. The van der Waals surface area contributed by atoms with Crippen LogP contribution in [0.25, 0.3) is 0 Å². The van der Waals surface area contributed by atoms with E-state index in [0.717, 1.165) is 5.69 Å². The summed E-state index contributed by atoms with van der Waals surface area (Å²) in [4.78, 5) is 29.0. The molecule has 0 saturated carbocycles. The Kier molecular flexibility index (Phi) is 6.44. The van der Waals surface area contributed by atoms with Crippen molar-refractivity contribution in [2.75, 3.05) is 31.6 Å². The van der Waals surface area contributed by atoms with Crippen molar-refractivity contribution in [2.45, 2.75) is 20.8 Å². The molecule has 0 radical (unpaired) electrons. The van der Waals surface area contributed by atoms with Crippen LogP contribution in [-0.4, -0.2) is 48.0 Å². The van der Waals surface area contributed by atoms with Crippen molar-refractivity contribution in [1.29, 1.82) is 0 Å². The standard InChI is InChI=1S/C12H19N3O3S/c1-4-15(7-11(17)18-5-2)6-10(16)14-12-13-9(3)8-19-12/h8H,4-7H2,1-3H3,(H,13,14,16). The number of rotatable bonds is 7. The Morgan fingerprint density at radius 2 is 2.16 bits per heavy atom. The van der Waals surface area contributed by atoms with Gasteiger partial charge in [0.25, 0.3) is 0 Å². The molecular formula is C12H19N3O3S. The van der Waals surface area contributed by atoms with E-state index < -0.39 is 0 Å². The number of anilines is 1. The van der Waals surface area contributed by atoms with E-state index in [9.17, 15) is 9.59 Å². The van der Waals surface area contributed by atoms with Crippen molar-refractivity contribution < 1.29 is 14.3 Å². The Morgan fingerprint density at radius 1 is 1.42 bits per heavy atom. The van der Waals surface area contributed by atoms with Crippen LogP contribution < -0.4 is 5.32 Å². The van der Waals surface area contributed by atoms with Crippen LogP contribution in [0.15, 0.2) is 5.38 Å². The van der Waals surface area contributed by atoms with Crippen molar-refractivity contribution in [3.05, 3.63) is 11.1 Å². The average molecular weight is 285 g/mol. The molecule has 0 aliphatic rings. The summed E-state index contributed by atoms with van der Waals surface area (Å²) >= 11 is 1.38. The Hall–Kier alpha value is -1.47. The highest BCUT2D eigenvalue weighted by atomic mass is 32.1. The summed E-state index contributed by atoms with van der Waals surface area (Å²) in [6, 6.07) is 0. The lowest BCUT2D eigenvalue weighted by Crippen LogP contribution is -2.37. The minimum absolute atomic E-state index is 0.120. The second-order valence-corrected chi connectivity index (χ2v) is 4.81. The van der Waals surface area contributed by atoms with Gasteiger partial charge in [0.2, 0.25) is 5.91 Å². The first-order valence-electron chi connectivity index (χ1n) is 6.15. The number of carbonyl (C=O) groups excluding carboxylic acids is 2. The summed E-state index contributed by atoms with van der Waals surface area (Å²) < 4.78 is 4.85. The van der Waals surface area contributed by atoms with Gasteiger partial charge in [-0.1, -0.05) is 6.92 Å². The quantitative estimate of drug-likeness (QED) is 0.764. The molecule has 1 N–H and O–H groups in total. The third-order valence-corrected chi connectivity index (χ3v) is 3.21. The van der Waals surface area contributed by atoms with E-state index >= 15 is 0 Å². The number of aromatic nitrogens is 1. The Bertz CT molecular complexity index is 434. The second kappa shape index (κ2) is 7.85. The summed E-state index contributed by atoms with van der Waals surface area (Å²) in [6.07, 6.45) is 0. The van der Waals surface area contributed by atoms with Gasteiger partial charge in [-0.3, -0.25) is 14.5 Å². The molecule has 0 aromatic carbocycles. The van der Waals surface area contributed by atoms with E-state index in [2.05, 4.69) is 10.3 Å². The number of amides is 1. The number of ether oxygens (including phenoxy) is 1. The van der Waals surface area contributed by atoms with Crippen LogP contribution in [0.5, 0.6) is 0 Å². The number of hydrogen-bond acceptors (Lipinski definition) is 6. The van der Waals surface area contributed by atoms with Gasteiger partial charge in [0.1, 0.15) is 0 Å². The molecule has 6 nitrogen and oxygen atoms in total. The monoisotopic (exact) mass is 285 g/mol. The fraction of sp³-hybridized carbons (Fsp3) is 0.583. The van der Waals surface area contributed by atoms with Crippen molar-refractivity contribution in [2.24, 2.45) is 0 Å². The zero-order valence-corrected chi connectivity index (χ0v) is 12.2. The average Bonchev–Trinajstić information content (AvgIpc) is 2.74. The molecule has 1 aromatic heterocycles. The van der Waals surface area contributed by atoms with Crippen LogP contribution in [0.1, 0.15) is 19.5 Å². The maximum Gasteiger partial charge on any atom is 0.320 e. The summed E-state index contributed by atoms with van der Waals surface area (Å²) in [5.74, 6) is -0.497. The number of nitrogens with one attached hydrogen (secondary N) is 1. The number of likely N-dealkylation sites (N-methyl/N-ethyl adjacent to an activating group) is 1. The summed E-state index contributed by atoms with van der Waals surface area (Å²) in [5, 5.41) is 5.15. The number of nitrogens with zero attached hydrogens (tertiary/aromatic N) is 2. The van der Waals surface area contributed by atoms with Gasteiger partial charge in [-0.05, 0) is 20.4 Å². The van der Waals surface area contributed by atoms with E-state index in [0.29, 0.717) is 18.3 Å². The highest BCUT2D eigenvalue weighted by Gasteiger charge is 2.14. The first-order valence-corrected chi connectivity index (χ1v) is 7.03. The van der Waals surface area contributed by atoms with Gasteiger partial charge in [0.15, 0.2) is 5.13 Å². The Labute approximate surface area is 116 Å². The Balaban J connectivity index is 2.42. The molecule has 1 amide bonds. The highest BCUT2D eigenvalue weighted by molar-refractivity contribution is 7.13. The third kappa shape index (κ3) is 5.80. The lowest BCUT2D eigenvalue weighted by atomic mass is 10.4. The molecule has 0 bridgehead atoms. The zero-order chi connectivity index (χ0) is 14.3. The first-order chi connectivity index (χ1) is 9.05. The van der Waals surface area contributed by atoms with E-state index in [1.807, 2.05) is 19.2 Å². The molecule has 19 heavy (non-hydrogen) atoms. The van der Waals surface area contributed by atoms with E-state index in [-0.39, 0.29) is 25.0 Å². The first kappa shape index (κ1) is 15.6. The number of carbonyl (C=O) groups is 2. The number of thiazole rings is 1. The van der Waals surface area contributed by atoms with Gasteiger partial charge in [-0.2, -0.15) is 0 Å². The predicted molar refractivity (Wildman–Crippen MR) is 74.2 cm³/mol. The van der Waals surface area contributed by atoms with Gasteiger partial charge in [-0.25, -0.2) is 4.98 Å². The van der Waals surface area contributed by atoms with E-state index in [1.165, 1.54) is 11.3 Å². The largest absolute Gasteiger partial charge is 0.465 e. The van der Waals surface area contributed by atoms with Gasteiger partial charge >= 0.3 is 5.97 Å². The predicted octanol–water partition coefficient (Wildman–Crippen LogP) is 1.28. The molecule has 1 heterocycles. The normalized spacial score (nSPS) is 10.5. The van der Waals surface area contributed by atoms with Gasteiger partial charge in [0, 0.05) is 5.38 Å². The molecule has 1 rings (SSSR count). The molecule has 0 aliphatic carbocycles. The van der Waals surface area contributed by atoms with Crippen molar-refractivity contribution in [3.8, 4) is 0 Å². The van der Waals surface area contributed by atoms with Crippen LogP contribution in [0.3, 0.4) is 0 Å². The van der Waals surface area contributed by atoms with Crippen LogP contribution in [0, 0.1) is 6.92 Å². The Morgan fingerprint density at radius 3 is 2.68 bits per heavy atom. The lowest BCUT2D eigenvalue weighted by molar-refractivity contribution is -0.144. The van der Waals surface area contributed by atoms with Crippen LogP contribution >= 0.6 is 11.3 Å². The minimum Gasteiger partial charge on any atom is -0.465 e. The number of hydrogen-bond donors (Lipinski definition) is 1. The molecule has 106 valence electrons. The maximum absolute atomic E-state index is 11.8. The molecule has 0 atom stereocenters. The minimum atomic E-state index is -0.317. The van der Waals surface area contributed by atoms with Gasteiger partial charge in [-0.15, -0.1) is 11.3 Å². The van der Waals surface area contributed by atoms with Gasteiger partial charge in [0.05, 0.1) is 25.4 Å². The van der Waals surface area contributed by atoms with Crippen LogP contribution in [0.4, 0.5) is 5.13 Å². The smallest absolute Gasteiger partial charge is 0.320 e. The van der Waals surface area contributed by atoms with Crippen molar-refractivity contribution in [3.63, 3.8) is 0 Å². The molecule has 1 aromatic rings. The maximum atomic E-state index is 11.8. The zero-order valence-electron chi connectivity index (χ0n) is 11.4. The lowest BCUT2D eigenvalue weighted by Gasteiger charge is -2.18.